The zero-order chi connectivity index (χ0) is 28.1. The van der Waals surface area contributed by atoms with Crippen LogP contribution in [0.3, 0.4) is 0 Å². The fourth-order valence-corrected chi connectivity index (χ4v) is 4.73. The Hall–Kier alpha value is -4.65. The average molecular weight is 539 g/mol. The number of carbonyl (C=O) groups excluding carboxylic acids is 2. The molecule has 0 bridgehead atoms. The number of ether oxygens (including phenoxy) is 2. The van der Waals surface area contributed by atoms with Gasteiger partial charge in [0, 0.05) is 23.9 Å². The van der Waals surface area contributed by atoms with Crippen LogP contribution in [-0.2, 0) is 22.6 Å². The summed E-state index contributed by atoms with van der Waals surface area (Å²) < 4.78 is 25.7. The average Bonchev–Trinajstić information content (AvgIpc) is 3.42. The van der Waals surface area contributed by atoms with Crippen LogP contribution in [0.15, 0.2) is 97.1 Å². The number of nitrogens with zero attached hydrogens (tertiary/aromatic N) is 1. The molecule has 204 valence electrons. The molecule has 0 aromatic heterocycles. The molecular weight excluding hydrogens is 507 g/mol. The fraction of sp³-hybridized carbons (Fsp3) is 0.212. The molecule has 4 aromatic rings. The molecule has 1 N–H and O–H groups in total. The van der Waals surface area contributed by atoms with Crippen LogP contribution >= 0.6 is 0 Å². The summed E-state index contributed by atoms with van der Waals surface area (Å²) in [6.07, 6.45) is 0.0627. The molecule has 2 amide bonds. The molecular formula is C33H31FN2O4. The molecule has 0 saturated heterocycles. The summed E-state index contributed by atoms with van der Waals surface area (Å²) in [7, 11) is 0. The van der Waals surface area contributed by atoms with Crippen molar-refractivity contribution in [3.8, 4) is 11.5 Å². The van der Waals surface area contributed by atoms with E-state index >= 15 is 0 Å². The van der Waals surface area contributed by atoms with Crippen molar-refractivity contribution in [2.75, 3.05) is 12.1 Å². The Morgan fingerprint density at radius 2 is 1.52 bits per heavy atom. The first-order valence-electron chi connectivity index (χ1n) is 13.3. The Morgan fingerprint density at radius 3 is 2.25 bits per heavy atom. The van der Waals surface area contributed by atoms with E-state index in [2.05, 4.69) is 19.2 Å². The molecule has 0 radical (unpaired) electrons. The van der Waals surface area contributed by atoms with Crippen molar-refractivity contribution in [3.05, 3.63) is 125 Å². The Bertz CT molecular complexity index is 1490. The summed E-state index contributed by atoms with van der Waals surface area (Å²) in [6.45, 7) is 4.21. The van der Waals surface area contributed by atoms with Gasteiger partial charge >= 0.3 is 0 Å². The minimum Gasteiger partial charge on any atom is -0.454 e. The van der Waals surface area contributed by atoms with E-state index in [9.17, 15) is 14.0 Å². The number of rotatable bonds is 9. The van der Waals surface area contributed by atoms with Crippen LogP contribution in [0, 0.1) is 5.82 Å². The van der Waals surface area contributed by atoms with Crippen molar-refractivity contribution in [3.63, 3.8) is 0 Å². The highest BCUT2D eigenvalue weighted by Crippen LogP contribution is 2.35. The summed E-state index contributed by atoms with van der Waals surface area (Å²) in [6, 6.07) is 27.4. The monoisotopic (exact) mass is 538 g/mol. The van der Waals surface area contributed by atoms with Crippen LogP contribution in [0.4, 0.5) is 10.1 Å². The highest BCUT2D eigenvalue weighted by molar-refractivity contribution is 5.98. The third-order valence-electron chi connectivity index (χ3n) is 6.94. The lowest BCUT2D eigenvalue weighted by Gasteiger charge is -2.32. The first-order chi connectivity index (χ1) is 19.4. The third kappa shape index (κ3) is 6.15. The number of fused-ring (bicyclic) bond motifs is 1. The van der Waals surface area contributed by atoms with Crippen molar-refractivity contribution in [2.24, 2.45) is 0 Å². The molecule has 0 saturated carbocycles. The predicted octanol–water partition coefficient (Wildman–Crippen LogP) is 6.63. The molecule has 0 aliphatic carbocycles. The van der Waals surface area contributed by atoms with E-state index in [1.54, 1.807) is 36.4 Å². The van der Waals surface area contributed by atoms with E-state index in [-0.39, 0.29) is 25.7 Å². The minimum atomic E-state index is -1.03. The molecule has 0 spiro atoms. The van der Waals surface area contributed by atoms with E-state index in [1.807, 2.05) is 54.6 Å². The summed E-state index contributed by atoms with van der Waals surface area (Å²) in [5, 5.41) is 2.95. The maximum Gasteiger partial charge on any atom is 0.251 e. The third-order valence-corrected chi connectivity index (χ3v) is 6.94. The Balaban J connectivity index is 1.54. The topological polar surface area (TPSA) is 67.9 Å². The van der Waals surface area contributed by atoms with Crippen LogP contribution in [0.25, 0.3) is 0 Å². The lowest BCUT2D eigenvalue weighted by molar-refractivity contribution is -0.139. The van der Waals surface area contributed by atoms with Crippen LogP contribution in [0.2, 0.25) is 0 Å². The number of hydrogen-bond acceptors (Lipinski definition) is 4. The fourth-order valence-electron chi connectivity index (χ4n) is 4.73. The predicted molar refractivity (Wildman–Crippen MR) is 152 cm³/mol. The number of anilines is 1. The molecule has 1 atom stereocenters. The van der Waals surface area contributed by atoms with Gasteiger partial charge in [-0.25, -0.2) is 4.39 Å². The van der Waals surface area contributed by atoms with Crippen LogP contribution in [-0.4, -0.2) is 23.5 Å². The number of nitrogens with one attached hydrogen (secondary N) is 1. The molecule has 7 heteroatoms. The molecule has 5 rings (SSSR count). The van der Waals surface area contributed by atoms with Gasteiger partial charge in [0.25, 0.3) is 5.91 Å². The summed E-state index contributed by atoms with van der Waals surface area (Å²) in [4.78, 5) is 29.4. The maximum absolute atomic E-state index is 14.9. The number of carbonyl (C=O) groups is 2. The van der Waals surface area contributed by atoms with Crippen molar-refractivity contribution >= 4 is 17.5 Å². The van der Waals surface area contributed by atoms with Crippen LogP contribution in [0.5, 0.6) is 11.5 Å². The minimum absolute atomic E-state index is 0.0627. The number of benzene rings is 4. The highest BCUT2D eigenvalue weighted by atomic mass is 19.1. The second kappa shape index (κ2) is 12.0. The van der Waals surface area contributed by atoms with Gasteiger partial charge in [-0.1, -0.05) is 86.6 Å². The SMILES string of the molecule is CC(C)c1ccc(C(C(=O)Nc2ccc3c(c2)OCO3)N(Cc2ccccc2F)C(=O)Cc2ccccc2)cc1. The van der Waals surface area contributed by atoms with Gasteiger partial charge in [-0.05, 0) is 40.8 Å². The lowest BCUT2D eigenvalue weighted by atomic mass is 9.97. The van der Waals surface area contributed by atoms with Crippen molar-refractivity contribution in [1.29, 1.82) is 0 Å². The van der Waals surface area contributed by atoms with Crippen molar-refractivity contribution in [1.82, 2.24) is 4.90 Å². The molecule has 1 aliphatic rings. The van der Waals surface area contributed by atoms with Gasteiger partial charge in [-0.2, -0.15) is 0 Å². The first-order valence-corrected chi connectivity index (χ1v) is 13.3. The number of halogens is 1. The van der Waals surface area contributed by atoms with E-state index in [1.165, 1.54) is 11.0 Å². The Kier molecular flexibility index (Phi) is 8.10. The lowest BCUT2D eigenvalue weighted by Crippen LogP contribution is -2.41. The summed E-state index contributed by atoms with van der Waals surface area (Å²) in [5.41, 5.74) is 3.36. The van der Waals surface area contributed by atoms with Crippen molar-refractivity contribution in [2.45, 2.75) is 38.8 Å². The Labute approximate surface area is 233 Å². The molecule has 4 aromatic carbocycles. The van der Waals surface area contributed by atoms with Gasteiger partial charge in [0.1, 0.15) is 11.9 Å². The maximum atomic E-state index is 14.9. The highest BCUT2D eigenvalue weighted by Gasteiger charge is 2.32. The quantitative estimate of drug-likeness (QED) is 0.260. The van der Waals surface area contributed by atoms with Gasteiger partial charge < -0.3 is 19.7 Å². The normalized spacial score (nSPS) is 12.7. The first kappa shape index (κ1) is 26.9. The molecule has 0 fully saturated rings. The number of hydrogen-bond donors (Lipinski definition) is 1. The van der Waals surface area contributed by atoms with E-state index in [4.69, 9.17) is 9.47 Å². The van der Waals surface area contributed by atoms with Crippen LogP contribution in [0.1, 0.15) is 48.1 Å². The van der Waals surface area contributed by atoms with Gasteiger partial charge in [-0.3, -0.25) is 9.59 Å². The van der Waals surface area contributed by atoms with Gasteiger partial charge in [0.2, 0.25) is 12.7 Å². The second-order valence-corrected chi connectivity index (χ2v) is 10.1. The smallest absolute Gasteiger partial charge is 0.251 e. The molecule has 6 nitrogen and oxygen atoms in total. The van der Waals surface area contributed by atoms with E-state index in [0.717, 1.165) is 11.1 Å². The van der Waals surface area contributed by atoms with E-state index < -0.39 is 17.8 Å². The van der Waals surface area contributed by atoms with Crippen LogP contribution < -0.4 is 14.8 Å². The zero-order valence-corrected chi connectivity index (χ0v) is 22.5. The molecule has 40 heavy (non-hydrogen) atoms. The van der Waals surface area contributed by atoms with Crippen molar-refractivity contribution < 1.29 is 23.5 Å². The molecule has 1 unspecified atom stereocenters. The Morgan fingerprint density at radius 1 is 0.850 bits per heavy atom. The summed E-state index contributed by atoms with van der Waals surface area (Å²) in [5.74, 6) is 0.258. The van der Waals surface area contributed by atoms with Gasteiger partial charge in [0.15, 0.2) is 11.5 Å². The molecule has 1 aliphatic heterocycles. The largest absolute Gasteiger partial charge is 0.454 e. The number of amides is 2. The molecule has 1 heterocycles. The second-order valence-electron chi connectivity index (χ2n) is 10.1. The van der Waals surface area contributed by atoms with Gasteiger partial charge in [0.05, 0.1) is 6.42 Å². The summed E-state index contributed by atoms with van der Waals surface area (Å²) >= 11 is 0. The van der Waals surface area contributed by atoms with E-state index in [0.29, 0.717) is 34.2 Å². The standard InChI is InChI=1S/C33H31FN2O4/c1-22(2)24-12-14-25(15-13-24)32(33(38)35-27-16-17-29-30(19-27)40-21-39-29)36(20-26-10-6-7-11-28(26)34)31(37)18-23-8-4-3-5-9-23/h3-17,19,22,32H,18,20-21H2,1-2H3,(H,35,38). The zero-order valence-electron chi connectivity index (χ0n) is 22.5. The van der Waals surface area contributed by atoms with Gasteiger partial charge in [-0.15, -0.1) is 0 Å².